The van der Waals surface area contributed by atoms with Crippen LogP contribution in [0.3, 0.4) is 0 Å². The van der Waals surface area contributed by atoms with E-state index >= 15 is 0 Å². The van der Waals surface area contributed by atoms with Crippen LogP contribution in [0, 0.1) is 5.41 Å². The Kier molecular flexibility index (Phi) is 6.87. The standard InChI is InChI=1S/C23H32O7/c1-6-19-23(4,25)22(3)20(28-14-16-9-11-17(26-5)12-10-16)18(29-21(22)30-19)8-7-13-27-15(2)24/h7-12,18-21,25H,6,13-14H2,1-5H3/b8-7+/t18-,19-,20+,21+,22+,23+/m1/s1. The molecular formula is C23H32O7. The van der Waals surface area contributed by atoms with Crippen molar-refractivity contribution in [2.24, 2.45) is 5.41 Å². The lowest BCUT2D eigenvalue weighted by Crippen LogP contribution is -2.55. The summed E-state index contributed by atoms with van der Waals surface area (Å²) in [5.41, 5.74) is -0.914. The zero-order valence-electron chi connectivity index (χ0n) is 18.3. The van der Waals surface area contributed by atoms with E-state index in [1.165, 1.54) is 6.92 Å². The van der Waals surface area contributed by atoms with Crippen LogP contribution in [-0.2, 0) is 30.3 Å². The fourth-order valence-electron chi connectivity index (χ4n) is 4.33. The van der Waals surface area contributed by atoms with Gasteiger partial charge in [-0.3, -0.25) is 4.79 Å². The molecule has 0 spiro atoms. The van der Waals surface area contributed by atoms with Crippen LogP contribution in [0.15, 0.2) is 36.4 Å². The van der Waals surface area contributed by atoms with Gasteiger partial charge in [0.15, 0.2) is 6.29 Å². The molecule has 2 aliphatic rings. The van der Waals surface area contributed by atoms with E-state index in [-0.39, 0.29) is 18.7 Å². The molecule has 0 saturated carbocycles. The third-order valence-corrected chi connectivity index (χ3v) is 6.33. The number of esters is 1. The fraction of sp³-hybridized carbons (Fsp3) is 0.609. The molecule has 7 nitrogen and oxygen atoms in total. The largest absolute Gasteiger partial charge is 0.497 e. The molecular weight excluding hydrogens is 388 g/mol. The number of methoxy groups -OCH3 is 1. The molecule has 6 atom stereocenters. The average molecular weight is 421 g/mol. The van der Waals surface area contributed by atoms with E-state index in [0.717, 1.165) is 11.3 Å². The van der Waals surface area contributed by atoms with Gasteiger partial charge in [0.05, 0.1) is 25.2 Å². The normalized spacial score (nSPS) is 35.5. The summed E-state index contributed by atoms with van der Waals surface area (Å²) in [4.78, 5) is 11.0. The Morgan fingerprint density at radius 1 is 1.23 bits per heavy atom. The molecule has 1 aromatic rings. The predicted molar refractivity (Wildman–Crippen MR) is 110 cm³/mol. The molecule has 0 bridgehead atoms. The van der Waals surface area contributed by atoms with Crippen molar-refractivity contribution in [1.29, 1.82) is 0 Å². The number of fused-ring (bicyclic) bond motifs is 1. The average Bonchev–Trinajstić information content (AvgIpc) is 3.10. The van der Waals surface area contributed by atoms with Crippen molar-refractivity contribution < 1.29 is 33.6 Å². The summed E-state index contributed by atoms with van der Waals surface area (Å²) in [6.45, 7) is 7.58. The van der Waals surface area contributed by atoms with Crippen molar-refractivity contribution in [3.63, 3.8) is 0 Å². The van der Waals surface area contributed by atoms with Crippen LogP contribution in [-0.4, -0.2) is 55.0 Å². The number of hydrogen-bond donors (Lipinski definition) is 1. The lowest BCUT2D eigenvalue weighted by molar-refractivity contribution is -0.147. The third kappa shape index (κ3) is 4.12. The Labute approximate surface area is 177 Å². The summed E-state index contributed by atoms with van der Waals surface area (Å²) in [7, 11) is 1.63. The molecule has 0 aromatic heterocycles. The maximum atomic E-state index is 11.4. The van der Waals surface area contributed by atoms with Gasteiger partial charge in [-0.25, -0.2) is 0 Å². The molecule has 0 amide bonds. The van der Waals surface area contributed by atoms with Crippen LogP contribution in [0.25, 0.3) is 0 Å². The second kappa shape index (κ2) is 9.06. The number of ether oxygens (including phenoxy) is 5. The highest BCUT2D eigenvalue weighted by Crippen LogP contribution is 2.56. The monoisotopic (exact) mass is 420 g/mol. The summed E-state index contributed by atoms with van der Waals surface area (Å²) in [6.07, 6.45) is 2.37. The van der Waals surface area contributed by atoms with E-state index in [4.69, 9.17) is 23.7 Å². The van der Waals surface area contributed by atoms with Crippen LogP contribution in [0.5, 0.6) is 5.75 Å². The number of benzene rings is 1. The fourth-order valence-corrected chi connectivity index (χ4v) is 4.33. The third-order valence-electron chi connectivity index (χ3n) is 6.33. The van der Waals surface area contributed by atoms with Gasteiger partial charge in [-0.1, -0.05) is 25.1 Å². The van der Waals surface area contributed by atoms with Crippen molar-refractivity contribution in [3.05, 3.63) is 42.0 Å². The summed E-state index contributed by atoms with van der Waals surface area (Å²) >= 11 is 0. The highest BCUT2D eigenvalue weighted by molar-refractivity contribution is 5.66. The van der Waals surface area contributed by atoms with Gasteiger partial charge in [-0.15, -0.1) is 0 Å². The molecule has 2 heterocycles. The lowest BCUT2D eigenvalue weighted by atomic mass is 9.69. The summed E-state index contributed by atoms with van der Waals surface area (Å²) < 4.78 is 28.7. The van der Waals surface area contributed by atoms with Crippen LogP contribution in [0.4, 0.5) is 0 Å². The topological polar surface area (TPSA) is 83.5 Å². The molecule has 2 saturated heterocycles. The highest BCUT2D eigenvalue weighted by atomic mass is 16.7. The number of rotatable bonds is 8. The van der Waals surface area contributed by atoms with E-state index in [1.807, 2.05) is 44.2 Å². The van der Waals surface area contributed by atoms with Crippen LogP contribution in [0.2, 0.25) is 0 Å². The van der Waals surface area contributed by atoms with Crippen molar-refractivity contribution in [3.8, 4) is 5.75 Å². The van der Waals surface area contributed by atoms with Crippen molar-refractivity contribution in [2.75, 3.05) is 13.7 Å². The van der Waals surface area contributed by atoms with Gasteiger partial charge in [0, 0.05) is 6.92 Å². The maximum absolute atomic E-state index is 11.4. The Morgan fingerprint density at radius 2 is 1.93 bits per heavy atom. The summed E-state index contributed by atoms with van der Waals surface area (Å²) in [5, 5.41) is 11.4. The Hall–Kier alpha value is -1.93. The molecule has 0 aliphatic carbocycles. The first-order valence-corrected chi connectivity index (χ1v) is 10.3. The van der Waals surface area contributed by atoms with Crippen molar-refractivity contribution >= 4 is 5.97 Å². The molecule has 3 rings (SSSR count). The molecule has 2 aliphatic heterocycles. The summed E-state index contributed by atoms with van der Waals surface area (Å²) in [6, 6.07) is 7.65. The smallest absolute Gasteiger partial charge is 0.302 e. The second-order valence-electron chi connectivity index (χ2n) is 8.21. The lowest BCUT2D eigenvalue weighted by Gasteiger charge is -2.40. The first kappa shape index (κ1) is 22.7. The molecule has 7 heteroatoms. The van der Waals surface area contributed by atoms with Gasteiger partial charge < -0.3 is 28.8 Å². The Bertz CT molecular complexity index is 757. The quantitative estimate of drug-likeness (QED) is 0.511. The minimum atomic E-state index is -1.13. The number of hydrogen-bond acceptors (Lipinski definition) is 7. The first-order valence-electron chi connectivity index (χ1n) is 10.3. The molecule has 1 aromatic carbocycles. The number of aliphatic hydroxyl groups is 1. The molecule has 0 unspecified atom stereocenters. The van der Waals surface area contributed by atoms with Crippen molar-refractivity contribution in [2.45, 2.75) is 70.9 Å². The maximum Gasteiger partial charge on any atom is 0.302 e. The van der Waals surface area contributed by atoms with Gasteiger partial charge in [0.25, 0.3) is 0 Å². The van der Waals surface area contributed by atoms with Gasteiger partial charge >= 0.3 is 5.97 Å². The molecule has 0 radical (unpaired) electrons. The second-order valence-corrected chi connectivity index (χ2v) is 8.21. The number of carbonyl (C=O) groups excluding carboxylic acids is 1. The molecule has 166 valence electrons. The van der Waals surface area contributed by atoms with Gasteiger partial charge in [0.2, 0.25) is 0 Å². The molecule has 2 fully saturated rings. The van der Waals surface area contributed by atoms with Crippen LogP contribution < -0.4 is 4.74 Å². The van der Waals surface area contributed by atoms with Crippen molar-refractivity contribution in [1.82, 2.24) is 0 Å². The molecule has 1 N–H and O–H groups in total. The minimum Gasteiger partial charge on any atom is -0.497 e. The Balaban J connectivity index is 1.80. The van der Waals surface area contributed by atoms with E-state index in [0.29, 0.717) is 13.0 Å². The van der Waals surface area contributed by atoms with E-state index < -0.39 is 29.5 Å². The highest BCUT2D eigenvalue weighted by Gasteiger charge is 2.70. The van der Waals surface area contributed by atoms with E-state index in [9.17, 15) is 9.90 Å². The molecule has 30 heavy (non-hydrogen) atoms. The summed E-state index contributed by atoms with van der Waals surface area (Å²) in [5.74, 6) is 0.430. The minimum absolute atomic E-state index is 0.149. The van der Waals surface area contributed by atoms with E-state index in [2.05, 4.69) is 0 Å². The van der Waals surface area contributed by atoms with Crippen LogP contribution in [0.1, 0.15) is 39.7 Å². The van der Waals surface area contributed by atoms with E-state index in [1.54, 1.807) is 20.1 Å². The van der Waals surface area contributed by atoms with Gasteiger partial charge in [-0.05, 0) is 44.0 Å². The Morgan fingerprint density at radius 3 is 2.53 bits per heavy atom. The zero-order valence-corrected chi connectivity index (χ0v) is 18.3. The van der Waals surface area contributed by atoms with Crippen LogP contribution >= 0.6 is 0 Å². The van der Waals surface area contributed by atoms with Gasteiger partial charge in [-0.2, -0.15) is 0 Å². The van der Waals surface area contributed by atoms with Gasteiger partial charge in [0.1, 0.15) is 30.2 Å². The number of carbonyl (C=O) groups is 1. The SMILES string of the molecule is CC[C@H]1O[C@@H]2O[C@H](/C=C/COC(C)=O)[C@H](OCc3ccc(OC)cc3)[C@]2(C)[C@@]1(C)O. The first-order chi connectivity index (χ1) is 14.2. The predicted octanol–water partition coefficient (Wildman–Crippen LogP) is 2.99. The zero-order chi connectivity index (χ0) is 21.9.